The van der Waals surface area contributed by atoms with E-state index < -0.39 is 52.7 Å². The second-order valence-electron chi connectivity index (χ2n) is 14.5. The lowest BCUT2D eigenvalue weighted by atomic mass is 10.1. The van der Waals surface area contributed by atoms with Gasteiger partial charge in [0.05, 0.1) is 42.3 Å². The van der Waals surface area contributed by atoms with Gasteiger partial charge in [-0.3, -0.25) is 28.8 Å². The van der Waals surface area contributed by atoms with Gasteiger partial charge in [-0.25, -0.2) is 0 Å². The normalized spacial score (nSPS) is 12.5. The van der Waals surface area contributed by atoms with Crippen molar-refractivity contribution in [2.75, 3.05) is 35.5 Å². The van der Waals surface area contributed by atoms with Gasteiger partial charge in [0, 0.05) is 44.3 Å². The first-order valence-corrected chi connectivity index (χ1v) is 22.1. The van der Waals surface area contributed by atoms with Crippen molar-refractivity contribution in [2.45, 2.75) is 50.0 Å². The Morgan fingerprint density at radius 3 is 1.40 bits per heavy atom. The zero-order chi connectivity index (χ0) is 48.9. The number of ketones is 2. The van der Waals surface area contributed by atoms with Gasteiger partial charge in [-0.1, -0.05) is 35.3 Å². The predicted molar refractivity (Wildman–Crippen MR) is 260 cm³/mol. The molecule has 0 fully saturated rings. The quantitative estimate of drug-likeness (QED) is 0.0353. The number of nitrogens with zero attached hydrogens (tertiary/aromatic N) is 4. The number of amides is 4. The summed E-state index contributed by atoms with van der Waals surface area (Å²) in [6.07, 6.45) is 0. The van der Waals surface area contributed by atoms with Gasteiger partial charge in [0.25, 0.3) is 23.6 Å². The molecule has 0 spiro atoms. The highest BCUT2D eigenvalue weighted by molar-refractivity contribution is 6.32. The molecule has 3 atom stereocenters. The molecule has 4 N–H and O–H groups in total. The van der Waals surface area contributed by atoms with Crippen LogP contribution in [-0.4, -0.2) is 61.5 Å². The number of rotatable bonds is 19. The number of anilines is 4. The van der Waals surface area contributed by atoms with E-state index in [1.807, 2.05) is 0 Å². The summed E-state index contributed by atoms with van der Waals surface area (Å²) in [5.74, 6) is -2.86. The lowest BCUT2D eigenvalue weighted by Gasteiger charge is -2.17. The predicted octanol–water partition coefficient (Wildman–Crippen LogP) is 11.7. The highest BCUT2D eigenvalue weighted by Gasteiger charge is 2.27. The summed E-state index contributed by atoms with van der Waals surface area (Å²) in [6, 6.07) is 19.5. The number of alkyl halides is 3. The second kappa shape index (κ2) is 23.8. The van der Waals surface area contributed by atoms with Crippen molar-refractivity contribution in [1.29, 1.82) is 0 Å². The Morgan fingerprint density at radius 2 is 1.00 bits per heavy atom. The first-order chi connectivity index (χ1) is 31.9. The average Bonchev–Trinajstić information content (AvgIpc) is 3.29. The number of azo groups is 2. The highest BCUT2D eigenvalue weighted by atomic mass is 35.5. The van der Waals surface area contributed by atoms with Crippen LogP contribution in [0.2, 0.25) is 10.0 Å². The minimum Gasteiger partial charge on any atom is -0.495 e. The van der Waals surface area contributed by atoms with E-state index in [0.717, 1.165) is 25.0 Å². The van der Waals surface area contributed by atoms with Crippen molar-refractivity contribution in [3.05, 3.63) is 129 Å². The minimum absolute atomic E-state index is 0.0756. The molecule has 0 radical (unpaired) electrons. The number of hydrogen-bond donors (Lipinski definition) is 4. The van der Waals surface area contributed by atoms with E-state index in [4.69, 9.17) is 67.5 Å². The number of halogens is 5. The van der Waals surface area contributed by atoms with E-state index in [0.29, 0.717) is 28.4 Å². The van der Waals surface area contributed by atoms with Crippen LogP contribution in [0.1, 0.15) is 63.6 Å². The fourth-order valence-electron chi connectivity index (χ4n) is 6.14. The number of nitrogens with one attached hydrogen (secondary N) is 4. The maximum absolute atomic E-state index is 13.5. The van der Waals surface area contributed by atoms with Crippen LogP contribution in [-0.2, 0) is 30.9 Å². The molecule has 67 heavy (non-hydrogen) atoms. The number of hydrogen-bond acceptors (Lipinski definition) is 12. The van der Waals surface area contributed by atoms with Crippen molar-refractivity contribution < 1.29 is 38.2 Å². The van der Waals surface area contributed by atoms with Crippen LogP contribution in [0.5, 0.6) is 11.5 Å². The van der Waals surface area contributed by atoms with Gasteiger partial charge in [0.2, 0.25) is 12.1 Å². The van der Waals surface area contributed by atoms with Gasteiger partial charge in [0.15, 0.2) is 11.6 Å². The Balaban J connectivity index is 1.28. The third-order valence-corrected chi connectivity index (χ3v) is 10.8. The molecule has 21 heteroatoms. The molecule has 5 aromatic carbocycles. The Bertz CT molecular complexity index is 2790. The van der Waals surface area contributed by atoms with Crippen molar-refractivity contribution in [1.82, 2.24) is 0 Å². The fourth-order valence-corrected chi connectivity index (χ4v) is 7.11. The number of Topliss-reactive ketones (excluding diaryl/α,β-unsaturated/α-hetero) is 2. The Labute approximate surface area is 409 Å². The molecule has 0 bridgehead atoms. The van der Waals surface area contributed by atoms with Crippen LogP contribution < -0.4 is 30.7 Å². The number of methoxy groups -OCH3 is 2. The fraction of sp³-hybridized carbons (Fsp3) is 0.217. The maximum Gasteiger partial charge on any atom is 0.258 e. The molecule has 5 aromatic rings. The van der Waals surface area contributed by atoms with Gasteiger partial charge in [0.1, 0.15) is 11.5 Å². The molecule has 5 rings (SSSR count). The number of carbonyl (C=O) groups excluding carboxylic acids is 6. The van der Waals surface area contributed by atoms with Crippen molar-refractivity contribution in [3.8, 4) is 11.5 Å². The minimum atomic E-state index is -1.64. The van der Waals surface area contributed by atoms with Gasteiger partial charge < -0.3 is 30.7 Å². The summed E-state index contributed by atoms with van der Waals surface area (Å²) in [4.78, 5) is 78.7. The van der Waals surface area contributed by atoms with Crippen LogP contribution >= 0.6 is 58.0 Å². The van der Waals surface area contributed by atoms with E-state index in [1.165, 1.54) is 68.8 Å². The molecule has 0 aliphatic rings. The van der Waals surface area contributed by atoms with Gasteiger partial charge >= 0.3 is 0 Å². The van der Waals surface area contributed by atoms with Crippen LogP contribution in [0, 0.1) is 0 Å². The first kappa shape index (κ1) is 51.6. The summed E-state index contributed by atoms with van der Waals surface area (Å²) in [6.45, 7) is 3.91. The zero-order valence-electron chi connectivity index (χ0n) is 36.3. The molecule has 0 aromatic heterocycles. The molecule has 0 saturated heterocycles. The smallest absolute Gasteiger partial charge is 0.258 e. The Kier molecular flexibility index (Phi) is 18.3. The van der Waals surface area contributed by atoms with E-state index in [9.17, 15) is 28.8 Å². The van der Waals surface area contributed by atoms with Crippen LogP contribution in [0.15, 0.2) is 111 Å². The monoisotopic (exact) mass is 1010 g/mol. The van der Waals surface area contributed by atoms with Crippen molar-refractivity contribution >= 4 is 127 Å². The number of benzene rings is 5. The molecule has 0 saturated carbocycles. The molecule has 0 aliphatic heterocycles. The van der Waals surface area contributed by atoms with Crippen LogP contribution in [0.4, 0.5) is 34.1 Å². The average molecular weight is 1010 g/mol. The summed E-state index contributed by atoms with van der Waals surface area (Å²) >= 11 is 31.0. The molecule has 16 nitrogen and oxygen atoms in total. The Morgan fingerprint density at radius 1 is 0.567 bits per heavy atom. The SMILES string of the molecule is COc1cc(CCl)ccc1NC(=O)c1cc(Cl)cc(N=NC(C(C)=O)C(=O)Nc2ccc(NC(=O)C(N=Nc3cc(Cl)cc(C(=O)Nc4ccc(CCl)cc4OC)c3)C(C)=O)c(C(C)Cl)c2)c1. The van der Waals surface area contributed by atoms with E-state index >= 15 is 0 Å². The first-order valence-electron chi connectivity index (χ1n) is 19.8. The lowest BCUT2D eigenvalue weighted by Crippen LogP contribution is -2.32. The second-order valence-corrected chi connectivity index (χ2v) is 16.6. The van der Waals surface area contributed by atoms with Crippen molar-refractivity contribution in [3.63, 3.8) is 0 Å². The van der Waals surface area contributed by atoms with Crippen LogP contribution in [0.25, 0.3) is 0 Å². The largest absolute Gasteiger partial charge is 0.495 e. The van der Waals surface area contributed by atoms with E-state index in [-0.39, 0.29) is 55.7 Å². The third kappa shape index (κ3) is 14.0. The van der Waals surface area contributed by atoms with E-state index in [2.05, 4.69) is 41.7 Å². The van der Waals surface area contributed by atoms with Gasteiger partial charge in [-0.2, -0.15) is 20.5 Å². The van der Waals surface area contributed by atoms with Gasteiger partial charge in [-0.05, 0) is 116 Å². The summed E-state index contributed by atoms with van der Waals surface area (Å²) < 4.78 is 10.7. The zero-order valence-corrected chi connectivity index (χ0v) is 40.0. The molecular weight excluding hydrogens is 970 g/mol. The molecule has 0 aliphatic carbocycles. The summed E-state index contributed by atoms with van der Waals surface area (Å²) in [5.41, 5.74) is 3.36. The topological polar surface area (TPSA) is 218 Å². The van der Waals surface area contributed by atoms with Crippen LogP contribution in [0.3, 0.4) is 0 Å². The summed E-state index contributed by atoms with van der Waals surface area (Å²) in [5, 5.41) is 26.3. The molecule has 4 amide bonds. The molecule has 0 heterocycles. The molecule has 348 valence electrons. The van der Waals surface area contributed by atoms with E-state index in [1.54, 1.807) is 43.3 Å². The standard InChI is InChI=1S/C46H41Cl5N8O8/c1-23(49)35-20-32(52-45(64)41(24(2)60)58-56-33-16-28(14-30(50)18-33)43(62)54-37-9-6-26(21-47)12-39(37)66-4)8-11-36(35)53-46(65)42(25(3)61)59-57-34-17-29(15-31(51)19-34)44(63)55-38-10-7-27(22-48)13-40(38)67-5/h6-20,23,41-42H,21-22H2,1-5H3,(H,52,64)(H,53,65)(H,54,62)(H,55,63). The molecular formula is C46H41Cl5N8O8. The van der Waals surface area contributed by atoms with Crippen molar-refractivity contribution in [2.24, 2.45) is 20.5 Å². The Hall–Kier alpha value is -6.43. The summed E-state index contributed by atoms with van der Waals surface area (Å²) in [7, 11) is 2.90. The molecule has 3 unspecified atom stereocenters. The number of carbonyl (C=O) groups is 6. The highest BCUT2D eigenvalue weighted by Crippen LogP contribution is 2.33. The lowest BCUT2D eigenvalue weighted by molar-refractivity contribution is -0.127. The third-order valence-electron chi connectivity index (χ3n) is 9.48. The number of ether oxygens (including phenoxy) is 2. The maximum atomic E-state index is 13.5. The van der Waals surface area contributed by atoms with Gasteiger partial charge in [-0.15, -0.1) is 34.8 Å².